The molecule has 0 heterocycles. The fourth-order valence-corrected chi connectivity index (χ4v) is 2.00. The second kappa shape index (κ2) is 8.36. The molecule has 0 aliphatic heterocycles. The minimum absolute atomic E-state index is 0.161. The van der Waals surface area contributed by atoms with E-state index in [1.54, 1.807) is 33.5 Å². The number of carbonyl (C=O) groups is 1. The highest BCUT2D eigenvalue weighted by molar-refractivity contribution is 5.81. The van der Waals surface area contributed by atoms with E-state index in [2.05, 4.69) is 5.32 Å². The zero-order valence-corrected chi connectivity index (χ0v) is 13.1. The molecule has 1 rings (SSSR count). The van der Waals surface area contributed by atoms with Crippen molar-refractivity contribution in [2.75, 3.05) is 21.3 Å². The number of carbonyl (C=O) groups excluding carboxylic acids is 1. The van der Waals surface area contributed by atoms with Gasteiger partial charge in [-0.25, -0.2) is 0 Å². The molecular weight excluding hydrogens is 272 g/mol. The number of rotatable bonds is 8. The molecule has 118 valence electrons. The zero-order chi connectivity index (χ0) is 15.8. The molecule has 0 saturated carbocycles. The van der Waals surface area contributed by atoms with E-state index in [1.165, 1.54) is 0 Å². The molecule has 0 saturated heterocycles. The third-order valence-corrected chi connectivity index (χ3v) is 3.13. The van der Waals surface area contributed by atoms with Gasteiger partial charge in [0.05, 0.1) is 27.4 Å². The normalized spacial score (nSPS) is 11.7. The quantitative estimate of drug-likeness (QED) is 0.759. The molecule has 6 heteroatoms. The lowest BCUT2D eigenvalue weighted by molar-refractivity contribution is -0.122. The lowest BCUT2D eigenvalue weighted by atomic mass is 10.1. The van der Waals surface area contributed by atoms with Gasteiger partial charge in [-0.1, -0.05) is 13.3 Å². The molecular formula is C15H24N2O4. The first-order chi connectivity index (χ1) is 10.1. The van der Waals surface area contributed by atoms with Gasteiger partial charge >= 0.3 is 0 Å². The fraction of sp³-hybridized carbons (Fsp3) is 0.533. The van der Waals surface area contributed by atoms with Crippen LogP contribution in [0.4, 0.5) is 0 Å². The van der Waals surface area contributed by atoms with Crippen molar-refractivity contribution in [1.82, 2.24) is 5.32 Å². The van der Waals surface area contributed by atoms with E-state index >= 15 is 0 Å². The molecule has 1 atom stereocenters. The van der Waals surface area contributed by atoms with E-state index in [0.717, 1.165) is 12.0 Å². The second-order valence-corrected chi connectivity index (χ2v) is 4.65. The van der Waals surface area contributed by atoms with Crippen molar-refractivity contribution in [3.63, 3.8) is 0 Å². The summed E-state index contributed by atoms with van der Waals surface area (Å²) in [6.45, 7) is 2.35. The van der Waals surface area contributed by atoms with Crippen LogP contribution >= 0.6 is 0 Å². The largest absolute Gasteiger partial charge is 0.493 e. The SMILES string of the molecule is CCC[C@H](N)C(=O)NCc1cc(OC)c(OC)c(OC)c1. The molecule has 0 aliphatic carbocycles. The van der Waals surface area contributed by atoms with E-state index in [4.69, 9.17) is 19.9 Å². The fourth-order valence-electron chi connectivity index (χ4n) is 2.00. The number of amides is 1. The third kappa shape index (κ3) is 4.53. The van der Waals surface area contributed by atoms with Gasteiger partial charge < -0.3 is 25.3 Å². The van der Waals surface area contributed by atoms with Gasteiger partial charge in [-0.2, -0.15) is 0 Å². The molecule has 3 N–H and O–H groups in total. The molecule has 0 radical (unpaired) electrons. The first-order valence-electron chi connectivity index (χ1n) is 6.89. The van der Waals surface area contributed by atoms with Crippen LogP contribution in [0.5, 0.6) is 17.2 Å². The molecule has 0 unspecified atom stereocenters. The molecule has 21 heavy (non-hydrogen) atoms. The maximum atomic E-state index is 11.8. The minimum atomic E-state index is -0.475. The average molecular weight is 296 g/mol. The second-order valence-electron chi connectivity index (χ2n) is 4.65. The number of hydrogen-bond donors (Lipinski definition) is 2. The number of methoxy groups -OCH3 is 3. The Morgan fingerprint density at radius 1 is 1.19 bits per heavy atom. The van der Waals surface area contributed by atoms with Crippen molar-refractivity contribution in [3.05, 3.63) is 17.7 Å². The van der Waals surface area contributed by atoms with Gasteiger partial charge in [0, 0.05) is 6.54 Å². The van der Waals surface area contributed by atoms with Crippen molar-refractivity contribution in [3.8, 4) is 17.2 Å². The Labute approximate surface area is 125 Å². The first kappa shape index (κ1) is 17.1. The Balaban J connectivity index is 2.82. The molecule has 0 aromatic heterocycles. The monoisotopic (exact) mass is 296 g/mol. The molecule has 1 aromatic carbocycles. The van der Waals surface area contributed by atoms with Gasteiger partial charge in [-0.15, -0.1) is 0 Å². The van der Waals surface area contributed by atoms with Crippen LogP contribution in [0, 0.1) is 0 Å². The lowest BCUT2D eigenvalue weighted by Gasteiger charge is -2.15. The van der Waals surface area contributed by atoms with Crippen LogP contribution in [0.1, 0.15) is 25.3 Å². The van der Waals surface area contributed by atoms with E-state index < -0.39 is 6.04 Å². The minimum Gasteiger partial charge on any atom is -0.493 e. The van der Waals surface area contributed by atoms with Gasteiger partial charge in [-0.05, 0) is 24.1 Å². The Hall–Kier alpha value is -1.95. The number of ether oxygens (including phenoxy) is 3. The number of nitrogens with two attached hydrogens (primary N) is 1. The maximum Gasteiger partial charge on any atom is 0.237 e. The van der Waals surface area contributed by atoms with Crippen molar-refractivity contribution in [1.29, 1.82) is 0 Å². The summed E-state index contributed by atoms with van der Waals surface area (Å²) >= 11 is 0. The Kier molecular flexibility index (Phi) is 6.81. The molecule has 1 amide bonds. The zero-order valence-electron chi connectivity index (χ0n) is 13.1. The van der Waals surface area contributed by atoms with Crippen molar-refractivity contribution < 1.29 is 19.0 Å². The highest BCUT2D eigenvalue weighted by Gasteiger charge is 2.15. The van der Waals surface area contributed by atoms with Crippen LogP contribution in [0.2, 0.25) is 0 Å². The number of nitrogens with one attached hydrogen (secondary N) is 1. The van der Waals surface area contributed by atoms with Crippen LogP contribution in [-0.4, -0.2) is 33.3 Å². The maximum absolute atomic E-state index is 11.8. The Morgan fingerprint density at radius 2 is 1.76 bits per heavy atom. The molecule has 0 fully saturated rings. The van der Waals surface area contributed by atoms with E-state index in [1.807, 2.05) is 6.92 Å². The molecule has 0 aliphatic rings. The van der Waals surface area contributed by atoms with Crippen LogP contribution in [0.15, 0.2) is 12.1 Å². The van der Waals surface area contributed by atoms with Crippen LogP contribution in [-0.2, 0) is 11.3 Å². The van der Waals surface area contributed by atoms with Crippen molar-refractivity contribution in [2.45, 2.75) is 32.4 Å². The highest BCUT2D eigenvalue weighted by Crippen LogP contribution is 2.38. The highest BCUT2D eigenvalue weighted by atomic mass is 16.5. The van der Waals surface area contributed by atoms with Gasteiger partial charge in [0.2, 0.25) is 11.7 Å². The standard InChI is InChI=1S/C15H24N2O4/c1-5-6-11(16)15(18)17-9-10-7-12(19-2)14(21-4)13(8-10)20-3/h7-8,11H,5-6,9,16H2,1-4H3,(H,17,18)/t11-/m0/s1. The summed E-state index contributed by atoms with van der Waals surface area (Å²) in [5, 5.41) is 2.81. The molecule has 0 bridgehead atoms. The molecule has 1 aromatic rings. The summed E-state index contributed by atoms with van der Waals surface area (Å²) in [6.07, 6.45) is 1.54. The molecule has 0 spiro atoms. The van der Waals surface area contributed by atoms with Gasteiger partial charge in [-0.3, -0.25) is 4.79 Å². The Morgan fingerprint density at radius 3 is 2.19 bits per heavy atom. The van der Waals surface area contributed by atoms with Crippen molar-refractivity contribution in [2.24, 2.45) is 5.73 Å². The summed E-state index contributed by atoms with van der Waals surface area (Å²) in [4.78, 5) is 11.8. The topological polar surface area (TPSA) is 82.8 Å². The summed E-state index contributed by atoms with van der Waals surface area (Å²) < 4.78 is 15.8. The summed E-state index contributed by atoms with van der Waals surface area (Å²) in [5.41, 5.74) is 6.62. The van der Waals surface area contributed by atoms with Gasteiger partial charge in [0.1, 0.15) is 0 Å². The lowest BCUT2D eigenvalue weighted by Crippen LogP contribution is -2.40. The third-order valence-electron chi connectivity index (χ3n) is 3.13. The molecule has 6 nitrogen and oxygen atoms in total. The van der Waals surface area contributed by atoms with Crippen LogP contribution in [0.25, 0.3) is 0 Å². The summed E-state index contributed by atoms with van der Waals surface area (Å²) in [5.74, 6) is 1.47. The number of hydrogen-bond acceptors (Lipinski definition) is 5. The predicted molar refractivity (Wildman–Crippen MR) is 80.8 cm³/mol. The average Bonchev–Trinajstić information content (AvgIpc) is 2.51. The van der Waals surface area contributed by atoms with Gasteiger partial charge in [0.25, 0.3) is 0 Å². The van der Waals surface area contributed by atoms with E-state index in [9.17, 15) is 4.79 Å². The van der Waals surface area contributed by atoms with Crippen LogP contribution in [0.3, 0.4) is 0 Å². The van der Waals surface area contributed by atoms with E-state index in [-0.39, 0.29) is 5.91 Å². The van der Waals surface area contributed by atoms with Crippen molar-refractivity contribution >= 4 is 5.91 Å². The predicted octanol–water partition coefficient (Wildman–Crippen LogP) is 1.46. The first-order valence-corrected chi connectivity index (χ1v) is 6.89. The smallest absolute Gasteiger partial charge is 0.237 e. The summed E-state index contributed by atoms with van der Waals surface area (Å²) in [6, 6.07) is 3.12. The Bertz CT molecular complexity index is 452. The summed E-state index contributed by atoms with van der Waals surface area (Å²) in [7, 11) is 4.65. The number of benzene rings is 1. The van der Waals surface area contributed by atoms with Crippen LogP contribution < -0.4 is 25.3 Å². The van der Waals surface area contributed by atoms with Gasteiger partial charge in [0.15, 0.2) is 11.5 Å². The van der Waals surface area contributed by atoms with E-state index in [0.29, 0.717) is 30.2 Å².